The SMILES string of the molecule is CN(CC(=O)Nc1ccc(Cl)c(Cl)c1)c1ncc([N+](=O)[O-])cn1. The molecule has 23 heavy (non-hydrogen) atoms. The number of nitro groups is 1. The molecule has 2 rings (SSSR count). The summed E-state index contributed by atoms with van der Waals surface area (Å²) in [6.07, 6.45) is 2.16. The fraction of sp³-hybridized carbons (Fsp3) is 0.154. The van der Waals surface area contributed by atoms with Crippen LogP contribution in [0.5, 0.6) is 0 Å². The van der Waals surface area contributed by atoms with Crippen molar-refractivity contribution in [2.24, 2.45) is 0 Å². The maximum absolute atomic E-state index is 12.0. The van der Waals surface area contributed by atoms with Crippen molar-refractivity contribution < 1.29 is 9.72 Å². The molecule has 0 atom stereocenters. The van der Waals surface area contributed by atoms with Crippen LogP contribution in [0.2, 0.25) is 10.0 Å². The van der Waals surface area contributed by atoms with Crippen molar-refractivity contribution in [3.8, 4) is 0 Å². The van der Waals surface area contributed by atoms with E-state index >= 15 is 0 Å². The summed E-state index contributed by atoms with van der Waals surface area (Å²) >= 11 is 11.7. The highest BCUT2D eigenvalue weighted by Gasteiger charge is 2.13. The van der Waals surface area contributed by atoms with Gasteiger partial charge in [0, 0.05) is 12.7 Å². The van der Waals surface area contributed by atoms with Gasteiger partial charge in [0.05, 0.1) is 21.5 Å². The van der Waals surface area contributed by atoms with Gasteiger partial charge >= 0.3 is 5.69 Å². The molecule has 2 aromatic rings. The van der Waals surface area contributed by atoms with E-state index in [4.69, 9.17) is 23.2 Å². The molecular formula is C13H11Cl2N5O3. The monoisotopic (exact) mass is 355 g/mol. The minimum Gasteiger partial charge on any atom is -0.335 e. The zero-order valence-corrected chi connectivity index (χ0v) is 13.4. The number of anilines is 2. The Kier molecular flexibility index (Phi) is 5.30. The first-order valence-corrected chi connectivity index (χ1v) is 7.05. The van der Waals surface area contributed by atoms with E-state index < -0.39 is 4.92 Å². The standard InChI is InChI=1S/C13H11Cl2N5O3/c1-19(13-16-5-9(6-17-13)20(22)23)7-12(21)18-8-2-3-10(14)11(15)4-8/h2-6H,7H2,1H3,(H,18,21). The Hall–Kier alpha value is -2.45. The van der Waals surface area contributed by atoms with Gasteiger partial charge in [0.15, 0.2) is 0 Å². The third-order valence-corrected chi connectivity index (χ3v) is 3.50. The lowest BCUT2D eigenvalue weighted by Gasteiger charge is -2.16. The van der Waals surface area contributed by atoms with Gasteiger partial charge in [0.25, 0.3) is 0 Å². The van der Waals surface area contributed by atoms with Crippen molar-refractivity contribution in [2.45, 2.75) is 0 Å². The van der Waals surface area contributed by atoms with E-state index in [9.17, 15) is 14.9 Å². The highest BCUT2D eigenvalue weighted by molar-refractivity contribution is 6.42. The first kappa shape index (κ1) is 16.9. The number of hydrogen-bond acceptors (Lipinski definition) is 6. The van der Waals surface area contributed by atoms with Gasteiger partial charge in [0.2, 0.25) is 11.9 Å². The van der Waals surface area contributed by atoms with Crippen LogP contribution in [0, 0.1) is 10.1 Å². The fourth-order valence-corrected chi connectivity index (χ4v) is 1.96. The van der Waals surface area contributed by atoms with Crippen LogP contribution in [0.15, 0.2) is 30.6 Å². The molecule has 0 aliphatic heterocycles. The van der Waals surface area contributed by atoms with E-state index in [1.54, 1.807) is 19.2 Å². The molecule has 0 aliphatic rings. The number of halogens is 2. The molecule has 0 aliphatic carbocycles. The third-order valence-electron chi connectivity index (χ3n) is 2.76. The number of benzene rings is 1. The highest BCUT2D eigenvalue weighted by atomic mass is 35.5. The number of nitrogens with one attached hydrogen (secondary N) is 1. The van der Waals surface area contributed by atoms with Crippen molar-refractivity contribution in [1.29, 1.82) is 0 Å². The van der Waals surface area contributed by atoms with E-state index in [-0.39, 0.29) is 24.1 Å². The lowest BCUT2D eigenvalue weighted by molar-refractivity contribution is -0.385. The number of hydrogen-bond donors (Lipinski definition) is 1. The molecule has 0 saturated carbocycles. The number of aromatic nitrogens is 2. The Bertz CT molecular complexity index is 739. The molecule has 1 amide bonds. The maximum Gasteiger partial charge on any atom is 0.305 e. The summed E-state index contributed by atoms with van der Waals surface area (Å²) in [5.41, 5.74) is 0.282. The number of carbonyl (C=O) groups is 1. The van der Waals surface area contributed by atoms with Gasteiger partial charge in [-0.05, 0) is 18.2 Å². The molecule has 1 heterocycles. The van der Waals surface area contributed by atoms with Crippen molar-refractivity contribution in [3.05, 3.63) is 50.8 Å². The van der Waals surface area contributed by atoms with Gasteiger partial charge in [-0.15, -0.1) is 0 Å². The van der Waals surface area contributed by atoms with Gasteiger partial charge in [-0.2, -0.15) is 0 Å². The molecule has 1 aromatic carbocycles. The summed E-state index contributed by atoms with van der Waals surface area (Å²) in [5.74, 6) is -0.132. The first-order chi connectivity index (χ1) is 10.9. The molecule has 120 valence electrons. The summed E-state index contributed by atoms with van der Waals surface area (Å²) in [7, 11) is 1.59. The van der Waals surface area contributed by atoms with E-state index in [1.165, 1.54) is 11.0 Å². The number of nitrogens with zero attached hydrogens (tertiary/aromatic N) is 4. The minimum absolute atomic E-state index is 0.0436. The van der Waals surface area contributed by atoms with Crippen LogP contribution in [0.25, 0.3) is 0 Å². The van der Waals surface area contributed by atoms with Crippen LogP contribution < -0.4 is 10.2 Å². The molecule has 1 N–H and O–H groups in total. The summed E-state index contributed by atoms with van der Waals surface area (Å²) in [4.78, 5) is 31.1. The van der Waals surface area contributed by atoms with E-state index in [2.05, 4.69) is 15.3 Å². The third kappa shape index (κ3) is 4.51. The molecule has 0 unspecified atom stereocenters. The highest BCUT2D eigenvalue weighted by Crippen LogP contribution is 2.25. The normalized spacial score (nSPS) is 10.2. The molecule has 0 bridgehead atoms. The smallest absolute Gasteiger partial charge is 0.305 e. The second kappa shape index (κ2) is 7.21. The Balaban J connectivity index is 1.98. The second-order valence-electron chi connectivity index (χ2n) is 4.53. The summed E-state index contributed by atoms with van der Waals surface area (Å²) < 4.78 is 0. The van der Waals surface area contributed by atoms with Crippen molar-refractivity contribution >= 4 is 46.4 Å². The quantitative estimate of drug-likeness (QED) is 0.653. The zero-order chi connectivity index (χ0) is 17.0. The number of likely N-dealkylation sites (N-methyl/N-ethyl adjacent to an activating group) is 1. The molecule has 0 spiro atoms. The van der Waals surface area contributed by atoms with Gasteiger partial charge in [-0.3, -0.25) is 14.9 Å². The number of amides is 1. The van der Waals surface area contributed by atoms with Crippen LogP contribution in [0.3, 0.4) is 0 Å². The topological polar surface area (TPSA) is 101 Å². The molecular weight excluding hydrogens is 345 g/mol. The molecule has 0 saturated heterocycles. The van der Waals surface area contributed by atoms with Crippen LogP contribution in [-0.2, 0) is 4.79 Å². The first-order valence-electron chi connectivity index (χ1n) is 6.29. The lowest BCUT2D eigenvalue weighted by atomic mass is 10.3. The van der Waals surface area contributed by atoms with Crippen molar-refractivity contribution in [1.82, 2.24) is 9.97 Å². The Morgan fingerprint density at radius 3 is 2.52 bits per heavy atom. The largest absolute Gasteiger partial charge is 0.335 e. The van der Waals surface area contributed by atoms with Crippen LogP contribution in [0.1, 0.15) is 0 Å². The number of carbonyl (C=O) groups excluding carboxylic acids is 1. The molecule has 1 aromatic heterocycles. The van der Waals surface area contributed by atoms with Gasteiger partial charge < -0.3 is 10.2 Å². The summed E-state index contributed by atoms with van der Waals surface area (Å²) in [6.45, 7) is -0.0436. The molecule has 0 fully saturated rings. The van der Waals surface area contributed by atoms with E-state index in [0.29, 0.717) is 15.7 Å². The average molecular weight is 356 g/mol. The van der Waals surface area contributed by atoms with Crippen LogP contribution >= 0.6 is 23.2 Å². The molecule has 10 heteroatoms. The zero-order valence-electron chi connectivity index (χ0n) is 11.9. The van der Waals surface area contributed by atoms with Crippen LogP contribution in [-0.4, -0.2) is 34.4 Å². The van der Waals surface area contributed by atoms with Crippen molar-refractivity contribution in [3.63, 3.8) is 0 Å². The Morgan fingerprint density at radius 2 is 1.96 bits per heavy atom. The lowest BCUT2D eigenvalue weighted by Crippen LogP contribution is -2.31. The predicted molar refractivity (Wildman–Crippen MR) is 87.0 cm³/mol. The molecule has 0 radical (unpaired) electrons. The van der Waals surface area contributed by atoms with Gasteiger partial charge in [-0.25, -0.2) is 9.97 Å². The van der Waals surface area contributed by atoms with E-state index in [1.807, 2.05) is 0 Å². The fourth-order valence-electron chi connectivity index (χ4n) is 1.67. The van der Waals surface area contributed by atoms with E-state index in [0.717, 1.165) is 12.4 Å². The van der Waals surface area contributed by atoms with Crippen molar-refractivity contribution in [2.75, 3.05) is 23.8 Å². The van der Waals surface area contributed by atoms with Gasteiger partial charge in [0.1, 0.15) is 12.4 Å². The maximum atomic E-state index is 12.0. The Morgan fingerprint density at radius 1 is 1.30 bits per heavy atom. The van der Waals surface area contributed by atoms with Gasteiger partial charge in [-0.1, -0.05) is 23.2 Å². The molecule has 8 nitrogen and oxygen atoms in total. The summed E-state index contributed by atoms with van der Waals surface area (Å²) in [5, 5.41) is 13.9. The van der Waals surface area contributed by atoms with Crippen LogP contribution in [0.4, 0.5) is 17.3 Å². The number of rotatable bonds is 5. The second-order valence-corrected chi connectivity index (χ2v) is 5.35. The minimum atomic E-state index is -0.596. The predicted octanol–water partition coefficient (Wildman–Crippen LogP) is 2.77. The average Bonchev–Trinajstić information content (AvgIpc) is 2.51. The Labute approximate surface area is 141 Å². The summed E-state index contributed by atoms with van der Waals surface area (Å²) in [6, 6.07) is 4.72.